The molecular weight excluding hydrogens is 318 g/mol. The standard InChI is InChI=1S/C13H17BrF2N2O/c1-8-2-3-9(14)10(12(8)19)11(13(15)16)18-6-4-17-5-7-18/h2-3,11,13,17,19H,4-7H2,1H3/t11-/m0/s1. The molecule has 1 aliphatic heterocycles. The lowest BCUT2D eigenvalue weighted by Gasteiger charge is -2.35. The number of hydrogen-bond acceptors (Lipinski definition) is 3. The van der Waals surface area contributed by atoms with Gasteiger partial charge in [0.05, 0.1) is 0 Å². The van der Waals surface area contributed by atoms with Crippen LogP contribution in [0.1, 0.15) is 17.2 Å². The first kappa shape index (κ1) is 14.7. The molecule has 0 radical (unpaired) electrons. The second-order valence-electron chi connectivity index (χ2n) is 4.69. The summed E-state index contributed by atoms with van der Waals surface area (Å²) in [5.74, 6) is -0.0433. The van der Waals surface area contributed by atoms with Gasteiger partial charge in [-0.15, -0.1) is 0 Å². The van der Waals surface area contributed by atoms with E-state index >= 15 is 0 Å². The molecule has 1 aliphatic rings. The fourth-order valence-electron chi connectivity index (χ4n) is 2.40. The van der Waals surface area contributed by atoms with E-state index in [4.69, 9.17) is 0 Å². The minimum absolute atomic E-state index is 0.0433. The van der Waals surface area contributed by atoms with E-state index in [1.54, 1.807) is 24.0 Å². The number of phenolic OH excluding ortho intramolecular Hbond substituents is 1. The minimum Gasteiger partial charge on any atom is -0.507 e. The van der Waals surface area contributed by atoms with Gasteiger partial charge in [0, 0.05) is 36.2 Å². The van der Waals surface area contributed by atoms with Gasteiger partial charge in [-0.1, -0.05) is 22.0 Å². The Morgan fingerprint density at radius 2 is 1.95 bits per heavy atom. The van der Waals surface area contributed by atoms with Gasteiger partial charge in [0.2, 0.25) is 0 Å². The van der Waals surface area contributed by atoms with Crippen LogP contribution >= 0.6 is 15.9 Å². The van der Waals surface area contributed by atoms with Gasteiger partial charge in [0.1, 0.15) is 11.8 Å². The molecule has 106 valence electrons. The average molecular weight is 335 g/mol. The summed E-state index contributed by atoms with van der Waals surface area (Å²) in [6, 6.07) is 2.35. The van der Waals surface area contributed by atoms with Gasteiger partial charge in [-0.2, -0.15) is 0 Å². The van der Waals surface area contributed by atoms with Crippen molar-refractivity contribution >= 4 is 15.9 Å². The van der Waals surface area contributed by atoms with Crippen LogP contribution < -0.4 is 5.32 Å². The van der Waals surface area contributed by atoms with E-state index in [-0.39, 0.29) is 11.3 Å². The van der Waals surface area contributed by atoms with Crippen LogP contribution in [0.2, 0.25) is 0 Å². The van der Waals surface area contributed by atoms with E-state index in [0.29, 0.717) is 36.2 Å². The smallest absolute Gasteiger partial charge is 0.258 e. The van der Waals surface area contributed by atoms with Crippen molar-refractivity contribution in [2.24, 2.45) is 0 Å². The number of aryl methyl sites for hydroxylation is 1. The lowest BCUT2D eigenvalue weighted by atomic mass is 10.0. The molecule has 3 nitrogen and oxygen atoms in total. The van der Waals surface area contributed by atoms with E-state index in [1.165, 1.54) is 0 Å². The van der Waals surface area contributed by atoms with Gasteiger partial charge in [0.15, 0.2) is 0 Å². The molecule has 2 rings (SSSR count). The van der Waals surface area contributed by atoms with Crippen molar-refractivity contribution < 1.29 is 13.9 Å². The molecule has 0 amide bonds. The summed E-state index contributed by atoms with van der Waals surface area (Å²) in [7, 11) is 0. The predicted octanol–water partition coefficient (Wildman–Crippen LogP) is 2.67. The molecule has 1 heterocycles. The summed E-state index contributed by atoms with van der Waals surface area (Å²) in [5.41, 5.74) is 0.899. The number of alkyl halides is 2. The topological polar surface area (TPSA) is 35.5 Å². The van der Waals surface area contributed by atoms with Crippen molar-refractivity contribution in [1.29, 1.82) is 0 Å². The molecule has 0 bridgehead atoms. The van der Waals surface area contributed by atoms with Gasteiger partial charge >= 0.3 is 0 Å². The summed E-state index contributed by atoms with van der Waals surface area (Å²) in [6.07, 6.45) is -2.54. The third kappa shape index (κ3) is 3.07. The van der Waals surface area contributed by atoms with E-state index in [0.717, 1.165) is 0 Å². The number of phenols is 1. The highest BCUT2D eigenvalue weighted by atomic mass is 79.9. The molecule has 19 heavy (non-hydrogen) atoms. The maximum absolute atomic E-state index is 13.5. The fraction of sp³-hybridized carbons (Fsp3) is 0.538. The largest absolute Gasteiger partial charge is 0.507 e. The highest BCUT2D eigenvalue weighted by Crippen LogP contribution is 2.40. The molecule has 0 aliphatic carbocycles. The quantitative estimate of drug-likeness (QED) is 0.892. The highest BCUT2D eigenvalue weighted by molar-refractivity contribution is 9.10. The number of hydrogen-bond donors (Lipinski definition) is 2. The summed E-state index contributed by atoms with van der Waals surface area (Å²) in [5, 5.41) is 13.3. The molecule has 0 unspecified atom stereocenters. The van der Waals surface area contributed by atoms with Crippen LogP contribution in [0.4, 0.5) is 8.78 Å². The van der Waals surface area contributed by atoms with E-state index in [1.807, 2.05) is 0 Å². The predicted molar refractivity (Wildman–Crippen MR) is 73.7 cm³/mol. The lowest BCUT2D eigenvalue weighted by Crippen LogP contribution is -2.47. The van der Waals surface area contributed by atoms with E-state index in [2.05, 4.69) is 21.2 Å². The molecule has 1 aromatic carbocycles. The normalized spacial score (nSPS) is 18.8. The van der Waals surface area contributed by atoms with Crippen LogP contribution in [0.15, 0.2) is 16.6 Å². The molecule has 1 saturated heterocycles. The molecule has 6 heteroatoms. The molecule has 1 aromatic rings. The van der Waals surface area contributed by atoms with Gasteiger partial charge in [-0.3, -0.25) is 4.90 Å². The Balaban J connectivity index is 2.41. The maximum atomic E-state index is 13.5. The first-order valence-corrected chi connectivity index (χ1v) is 7.02. The molecule has 0 spiro atoms. The third-order valence-electron chi connectivity index (χ3n) is 3.45. The number of nitrogens with one attached hydrogen (secondary N) is 1. The SMILES string of the molecule is Cc1ccc(Br)c([C@@H](C(F)F)N2CCNCC2)c1O. The van der Waals surface area contributed by atoms with Crippen molar-refractivity contribution in [3.63, 3.8) is 0 Å². The Morgan fingerprint density at radius 1 is 1.32 bits per heavy atom. The van der Waals surface area contributed by atoms with Crippen LogP contribution in [0.5, 0.6) is 5.75 Å². The summed E-state index contributed by atoms with van der Waals surface area (Å²) >= 11 is 3.28. The third-order valence-corrected chi connectivity index (χ3v) is 4.14. The molecular formula is C13H17BrF2N2O. The van der Waals surface area contributed by atoms with Crippen LogP contribution in [0.25, 0.3) is 0 Å². The number of benzene rings is 1. The van der Waals surface area contributed by atoms with Gasteiger partial charge in [-0.25, -0.2) is 8.78 Å². The number of aromatic hydroxyl groups is 1. The molecule has 2 N–H and O–H groups in total. The summed E-state index contributed by atoms with van der Waals surface area (Å²) in [6.45, 7) is 4.19. The van der Waals surface area contributed by atoms with Gasteiger partial charge < -0.3 is 10.4 Å². The van der Waals surface area contributed by atoms with Crippen LogP contribution in [0.3, 0.4) is 0 Å². The van der Waals surface area contributed by atoms with Crippen LogP contribution in [0, 0.1) is 6.92 Å². The summed E-state index contributed by atoms with van der Waals surface area (Å²) in [4.78, 5) is 1.72. The van der Waals surface area contributed by atoms with Crippen LogP contribution in [-0.2, 0) is 0 Å². The Hall–Kier alpha value is -0.720. The monoisotopic (exact) mass is 334 g/mol. The van der Waals surface area contributed by atoms with Crippen molar-refractivity contribution in [2.45, 2.75) is 19.4 Å². The molecule has 1 atom stereocenters. The number of halogens is 3. The first-order valence-electron chi connectivity index (χ1n) is 6.23. The average Bonchev–Trinajstić information content (AvgIpc) is 2.39. The van der Waals surface area contributed by atoms with E-state index in [9.17, 15) is 13.9 Å². The first-order chi connectivity index (χ1) is 9.02. The Morgan fingerprint density at radius 3 is 2.53 bits per heavy atom. The van der Waals surface area contributed by atoms with Crippen molar-refractivity contribution in [1.82, 2.24) is 10.2 Å². The Labute approximate surface area is 119 Å². The molecule has 1 fully saturated rings. The van der Waals surface area contributed by atoms with Crippen molar-refractivity contribution in [2.75, 3.05) is 26.2 Å². The second kappa shape index (κ2) is 6.15. The Bertz CT molecular complexity index is 451. The van der Waals surface area contributed by atoms with Gasteiger partial charge in [-0.05, 0) is 18.6 Å². The van der Waals surface area contributed by atoms with Crippen LogP contribution in [-0.4, -0.2) is 42.6 Å². The Kier molecular flexibility index (Phi) is 4.76. The fourth-order valence-corrected chi connectivity index (χ4v) is 2.96. The summed E-state index contributed by atoms with van der Waals surface area (Å²) < 4.78 is 27.5. The number of piperazine rings is 1. The van der Waals surface area contributed by atoms with E-state index < -0.39 is 12.5 Å². The zero-order valence-electron chi connectivity index (χ0n) is 10.7. The minimum atomic E-state index is -2.54. The van der Waals surface area contributed by atoms with Crippen molar-refractivity contribution in [3.05, 3.63) is 27.7 Å². The second-order valence-corrected chi connectivity index (χ2v) is 5.55. The molecule has 0 saturated carbocycles. The maximum Gasteiger partial charge on any atom is 0.258 e. The van der Waals surface area contributed by atoms with Crippen molar-refractivity contribution in [3.8, 4) is 5.75 Å². The lowest BCUT2D eigenvalue weighted by molar-refractivity contribution is 0.0166. The number of rotatable bonds is 3. The zero-order valence-corrected chi connectivity index (χ0v) is 12.3. The number of nitrogens with zero attached hydrogens (tertiary/aromatic N) is 1. The zero-order chi connectivity index (χ0) is 14.0. The molecule has 0 aromatic heterocycles. The highest BCUT2D eigenvalue weighted by Gasteiger charge is 2.33. The van der Waals surface area contributed by atoms with Gasteiger partial charge in [0.25, 0.3) is 6.43 Å².